The molecule has 1 aromatic carbocycles. The summed E-state index contributed by atoms with van der Waals surface area (Å²) in [6.07, 6.45) is 2.05. The van der Waals surface area contributed by atoms with Crippen LogP contribution in [0.15, 0.2) is 18.2 Å². The lowest BCUT2D eigenvalue weighted by atomic mass is 10.1. The van der Waals surface area contributed by atoms with Crippen molar-refractivity contribution in [3.05, 3.63) is 29.3 Å². The van der Waals surface area contributed by atoms with Gasteiger partial charge in [0.25, 0.3) is 0 Å². The highest BCUT2D eigenvalue weighted by atomic mass is 16.6. The van der Waals surface area contributed by atoms with Gasteiger partial charge in [0.1, 0.15) is 5.75 Å². The molecule has 2 rings (SSSR count). The highest BCUT2D eigenvalue weighted by Crippen LogP contribution is 2.32. The Kier molecular flexibility index (Phi) is 2.70. The van der Waals surface area contributed by atoms with E-state index >= 15 is 0 Å². The highest BCUT2D eigenvalue weighted by Gasteiger charge is 2.22. The molecule has 1 aromatic rings. The van der Waals surface area contributed by atoms with Crippen molar-refractivity contribution < 1.29 is 9.94 Å². The number of hydrogen-bond donors (Lipinski definition) is 2. The Labute approximate surface area is 83.7 Å². The third-order valence-electron chi connectivity index (χ3n) is 2.57. The Morgan fingerprint density at radius 1 is 1.57 bits per heavy atom. The molecule has 0 aromatic heterocycles. The van der Waals surface area contributed by atoms with Crippen molar-refractivity contribution in [3.63, 3.8) is 0 Å². The zero-order valence-corrected chi connectivity index (χ0v) is 8.29. The van der Waals surface area contributed by atoms with Gasteiger partial charge in [0.15, 0.2) is 0 Å². The minimum Gasteiger partial charge on any atom is -0.508 e. The Bertz CT molecular complexity index is 325. The number of benzene rings is 1. The summed E-state index contributed by atoms with van der Waals surface area (Å²) in [6, 6.07) is 5.81. The number of fused-ring (bicyclic) bond motifs is 1. The van der Waals surface area contributed by atoms with Gasteiger partial charge in [-0.2, -0.15) is 5.48 Å². The Morgan fingerprint density at radius 3 is 3.21 bits per heavy atom. The van der Waals surface area contributed by atoms with Crippen molar-refractivity contribution in [2.45, 2.75) is 25.8 Å². The Balaban J connectivity index is 2.14. The van der Waals surface area contributed by atoms with Gasteiger partial charge in [-0.1, -0.05) is 6.07 Å². The van der Waals surface area contributed by atoms with E-state index in [1.54, 1.807) is 6.07 Å². The number of nitrogens with one attached hydrogen (secondary N) is 1. The van der Waals surface area contributed by atoms with E-state index in [1.165, 1.54) is 11.1 Å². The smallest absolute Gasteiger partial charge is 0.115 e. The van der Waals surface area contributed by atoms with Crippen LogP contribution in [0.4, 0.5) is 0 Å². The molecule has 0 saturated heterocycles. The molecule has 0 heterocycles. The molecule has 1 atom stereocenters. The summed E-state index contributed by atoms with van der Waals surface area (Å²) in [5.41, 5.74) is 5.50. The lowest BCUT2D eigenvalue weighted by molar-refractivity contribution is 0.0244. The lowest BCUT2D eigenvalue weighted by Crippen LogP contribution is -2.19. The van der Waals surface area contributed by atoms with Gasteiger partial charge in [0, 0.05) is 0 Å². The summed E-state index contributed by atoms with van der Waals surface area (Å²) in [5.74, 6) is 0.348. The molecule has 0 saturated carbocycles. The minimum absolute atomic E-state index is 0.283. The van der Waals surface area contributed by atoms with Crippen LogP contribution in [-0.4, -0.2) is 11.7 Å². The van der Waals surface area contributed by atoms with Gasteiger partial charge in [0.2, 0.25) is 0 Å². The van der Waals surface area contributed by atoms with Crippen LogP contribution in [0.3, 0.4) is 0 Å². The van der Waals surface area contributed by atoms with Gasteiger partial charge in [-0.05, 0) is 43.0 Å². The second-order valence-electron chi connectivity index (χ2n) is 3.53. The van der Waals surface area contributed by atoms with Crippen LogP contribution in [0, 0.1) is 0 Å². The van der Waals surface area contributed by atoms with Gasteiger partial charge in [0.05, 0.1) is 12.6 Å². The molecule has 14 heavy (non-hydrogen) atoms. The molecule has 0 amide bonds. The standard InChI is InChI=1S/C11H15NO2/c1-2-14-12-11-6-3-8-7-9(13)4-5-10(8)11/h4-5,7,11-13H,2-3,6H2,1H3. The van der Waals surface area contributed by atoms with E-state index in [2.05, 4.69) is 5.48 Å². The molecular formula is C11H15NO2. The summed E-state index contributed by atoms with van der Waals surface area (Å²) < 4.78 is 0. The van der Waals surface area contributed by atoms with Gasteiger partial charge in [-0.15, -0.1) is 0 Å². The third-order valence-corrected chi connectivity index (χ3v) is 2.57. The molecule has 2 N–H and O–H groups in total. The quantitative estimate of drug-likeness (QED) is 0.721. The fraction of sp³-hybridized carbons (Fsp3) is 0.455. The van der Waals surface area contributed by atoms with Crippen LogP contribution >= 0.6 is 0 Å². The first kappa shape index (κ1) is 9.49. The first-order valence-corrected chi connectivity index (χ1v) is 5.00. The average Bonchev–Trinajstić information content (AvgIpc) is 2.57. The zero-order valence-electron chi connectivity index (χ0n) is 8.29. The highest BCUT2D eigenvalue weighted by molar-refractivity contribution is 5.39. The first-order chi connectivity index (χ1) is 6.81. The van der Waals surface area contributed by atoms with Crippen LogP contribution in [0.25, 0.3) is 0 Å². The molecule has 0 radical (unpaired) electrons. The van der Waals surface area contributed by atoms with Gasteiger partial charge in [-0.3, -0.25) is 0 Å². The van der Waals surface area contributed by atoms with Crippen LogP contribution in [0.1, 0.15) is 30.5 Å². The second-order valence-corrected chi connectivity index (χ2v) is 3.53. The van der Waals surface area contributed by atoms with Crippen LogP contribution in [0.2, 0.25) is 0 Å². The maximum atomic E-state index is 9.31. The summed E-state index contributed by atoms with van der Waals surface area (Å²) in [5, 5.41) is 9.31. The van der Waals surface area contributed by atoms with Crippen LogP contribution < -0.4 is 5.48 Å². The summed E-state index contributed by atoms with van der Waals surface area (Å²) in [7, 11) is 0. The molecule has 0 spiro atoms. The van der Waals surface area contributed by atoms with Gasteiger partial charge < -0.3 is 9.94 Å². The molecule has 0 aliphatic heterocycles. The number of phenolic OH excluding ortho intramolecular Hbond substituents is 1. The van der Waals surface area contributed by atoms with E-state index in [0.29, 0.717) is 12.4 Å². The molecule has 1 aliphatic rings. The molecule has 1 aliphatic carbocycles. The number of hydroxylamine groups is 1. The summed E-state index contributed by atoms with van der Waals surface area (Å²) >= 11 is 0. The number of hydrogen-bond acceptors (Lipinski definition) is 3. The predicted octanol–water partition coefficient (Wildman–Crippen LogP) is 1.92. The Hall–Kier alpha value is -1.06. The van der Waals surface area contributed by atoms with Crippen molar-refractivity contribution >= 4 is 0 Å². The molecule has 3 heteroatoms. The number of aryl methyl sites for hydroxylation is 1. The van der Waals surface area contributed by atoms with Crippen LogP contribution in [-0.2, 0) is 11.3 Å². The van der Waals surface area contributed by atoms with E-state index in [4.69, 9.17) is 4.84 Å². The van der Waals surface area contributed by atoms with Gasteiger partial charge >= 0.3 is 0 Å². The number of aromatic hydroxyl groups is 1. The third kappa shape index (κ3) is 1.74. The minimum atomic E-state index is 0.283. The second kappa shape index (κ2) is 3.98. The molecule has 0 bridgehead atoms. The van der Waals surface area contributed by atoms with Crippen molar-refractivity contribution in [1.82, 2.24) is 5.48 Å². The van der Waals surface area contributed by atoms with E-state index in [0.717, 1.165) is 12.8 Å². The van der Waals surface area contributed by atoms with Crippen molar-refractivity contribution in [2.75, 3.05) is 6.61 Å². The number of rotatable bonds is 3. The monoisotopic (exact) mass is 193 g/mol. The van der Waals surface area contributed by atoms with Crippen LogP contribution in [0.5, 0.6) is 5.75 Å². The summed E-state index contributed by atoms with van der Waals surface area (Å²) in [6.45, 7) is 2.63. The molecule has 3 nitrogen and oxygen atoms in total. The molecule has 0 fully saturated rings. The average molecular weight is 193 g/mol. The number of phenols is 1. The normalized spacial score (nSPS) is 19.6. The zero-order chi connectivity index (χ0) is 9.97. The van der Waals surface area contributed by atoms with E-state index in [1.807, 2.05) is 19.1 Å². The SMILES string of the molecule is CCONC1CCc2cc(O)ccc21. The van der Waals surface area contributed by atoms with E-state index in [9.17, 15) is 5.11 Å². The predicted molar refractivity (Wildman–Crippen MR) is 53.9 cm³/mol. The van der Waals surface area contributed by atoms with E-state index in [-0.39, 0.29) is 6.04 Å². The van der Waals surface area contributed by atoms with E-state index < -0.39 is 0 Å². The molecule has 76 valence electrons. The van der Waals surface area contributed by atoms with Crippen molar-refractivity contribution in [1.29, 1.82) is 0 Å². The fourth-order valence-electron chi connectivity index (χ4n) is 1.91. The van der Waals surface area contributed by atoms with Gasteiger partial charge in [-0.25, -0.2) is 0 Å². The lowest BCUT2D eigenvalue weighted by Gasteiger charge is -2.12. The van der Waals surface area contributed by atoms with Crippen molar-refractivity contribution in [2.24, 2.45) is 0 Å². The maximum absolute atomic E-state index is 9.31. The largest absolute Gasteiger partial charge is 0.508 e. The molecule has 1 unspecified atom stereocenters. The Morgan fingerprint density at radius 2 is 2.43 bits per heavy atom. The fourth-order valence-corrected chi connectivity index (χ4v) is 1.91. The maximum Gasteiger partial charge on any atom is 0.115 e. The summed E-state index contributed by atoms with van der Waals surface area (Å²) in [4.78, 5) is 5.19. The first-order valence-electron chi connectivity index (χ1n) is 5.00. The molecular weight excluding hydrogens is 178 g/mol. The topological polar surface area (TPSA) is 41.5 Å². The van der Waals surface area contributed by atoms with Crippen molar-refractivity contribution in [3.8, 4) is 5.75 Å².